The highest BCUT2D eigenvalue weighted by Gasteiger charge is 2.11. The lowest BCUT2D eigenvalue weighted by molar-refractivity contribution is 0.281. The van der Waals surface area contributed by atoms with E-state index >= 15 is 0 Å². The van der Waals surface area contributed by atoms with Gasteiger partial charge >= 0.3 is 0 Å². The summed E-state index contributed by atoms with van der Waals surface area (Å²) in [6, 6.07) is 4.11. The summed E-state index contributed by atoms with van der Waals surface area (Å²) >= 11 is 3.52. The summed E-state index contributed by atoms with van der Waals surface area (Å²) in [7, 11) is 0. The number of aryl methyl sites for hydroxylation is 2. The van der Waals surface area contributed by atoms with Gasteiger partial charge in [0.2, 0.25) is 0 Å². The van der Waals surface area contributed by atoms with Gasteiger partial charge in [0.05, 0.1) is 0 Å². The molecule has 6 heteroatoms. The topological polar surface area (TPSA) is 66.0 Å². The Balaban J connectivity index is 2.17. The molecule has 2 N–H and O–H groups in total. The zero-order valence-electron chi connectivity index (χ0n) is 12.5. The molecule has 0 aliphatic rings. The van der Waals surface area contributed by atoms with Gasteiger partial charge in [0, 0.05) is 11.0 Å². The van der Waals surface area contributed by atoms with Gasteiger partial charge in [0.1, 0.15) is 18.7 Å². The van der Waals surface area contributed by atoms with Crippen LogP contribution < -0.4 is 10.5 Å². The van der Waals surface area contributed by atoms with Crippen LogP contribution >= 0.6 is 15.9 Å². The van der Waals surface area contributed by atoms with Crippen LogP contribution in [0, 0.1) is 6.92 Å². The fourth-order valence-corrected chi connectivity index (χ4v) is 2.90. The number of ether oxygens (including phenoxy) is 1. The number of halogens is 1. The van der Waals surface area contributed by atoms with Crippen molar-refractivity contribution in [1.82, 2.24) is 14.8 Å². The highest BCUT2D eigenvalue weighted by molar-refractivity contribution is 9.10. The predicted molar refractivity (Wildman–Crippen MR) is 86.3 cm³/mol. The van der Waals surface area contributed by atoms with Crippen LogP contribution in [0.1, 0.15) is 30.3 Å². The van der Waals surface area contributed by atoms with E-state index in [-0.39, 0.29) is 0 Å². The summed E-state index contributed by atoms with van der Waals surface area (Å²) in [6.07, 6.45) is 3.38. The van der Waals surface area contributed by atoms with Crippen molar-refractivity contribution in [1.29, 1.82) is 0 Å². The van der Waals surface area contributed by atoms with Gasteiger partial charge < -0.3 is 10.5 Å². The normalized spacial score (nSPS) is 10.9. The van der Waals surface area contributed by atoms with Gasteiger partial charge in [-0.3, -0.25) is 0 Å². The maximum atomic E-state index is 6.01. The molecule has 0 aliphatic carbocycles. The molecule has 2 aromatic rings. The second-order valence-electron chi connectivity index (χ2n) is 4.94. The summed E-state index contributed by atoms with van der Waals surface area (Å²) < 4.78 is 8.94. The summed E-state index contributed by atoms with van der Waals surface area (Å²) in [5, 5.41) is 4.21. The molecular formula is C15H21BrN4O. The molecule has 0 radical (unpaired) electrons. The van der Waals surface area contributed by atoms with E-state index in [4.69, 9.17) is 10.5 Å². The van der Waals surface area contributed by atoms with Gasteiger partial charge in [-0.2, -0.15) is 5.10 Å². The summed E-state index contributed by atoms with van der Waals surface area (Å²) in [5.74, 6) is 1.74. The fourth-order valence-electron chi connectivity index (χ4n) is 2.28. The van der Waals surface area contributed by atoms with E-state index < -0.39 is 0 Å². The molecule has 0 atom stereocenters. The van der Waals surface area contributed by atoms with Crippen molar-refractivity contribution in [3.05, 3.63) is 39.9 Å². The molecule has 114 valence electrons. The minimum absolute atomic E-state index is 0.417. The molecule has 0 saturated heterocycles. The van der Waals surface area contributed by atoms with Crippen LogP contribution in [0.3, 0.4) is 0 Å². The number of nitrogens with zero attached hydrogens (tertiary/aromatic N) is 3. The molecule has 0 bridgehead atoms. The van der Waals surface area contributed by atoms with Crippen molar-refractivity contribution in [2.24, 2.45) is 5.73 Å². The third kappa shape index (κ3) is 4.04. The lowest BCUT2D eigenvalue weighted by Gasteiger charge is -2.14. The van der Waals surface area contributed by atoms with Crippen LogP contribution in [-0.4, -0.2) is 21.3 Å². The Morgan fingerprint density at radius 3 is 2.90 bits per heavy atom. The average molecular weight is 353 g/mol. The number of rotatable bonds is 7. The molecule has 0 saturated carbocycles. The number of hydrogen-bond donors (Lipinski definition) is 1. The third-order valence-corrected chi connectivity index (χ3v) is 3.66. The highest BCUT2D eigenvalue weighted by atomic mass is 79.9. The van der Waals surface area contributed by atoms with Crippen LogP contribution in [0.15, 0.2) is 22.9 Å². The summed E-state index contributed by atoms with van der Waals surface area (Å²) in [5.41, 5.74) is 7.90. The number of nitrogens with two attached hydrogens (primary N) is 1. The molecule has 0 unspecified atom stereocenters. The van der Waals surface area contributed by atoms with Crippen molar-refractivity contribution in [3.8, 4) is 5.75 Å². The van der Waals surface area contributed by atoms with Crippen molar-refractivity contribution >= 4 is 15.9 Å². The Morgan fingerprint density at radius 1 is 1.38 bits per heavy atom. The maximum Gasteiger partial charge on any atom is 0.164 e. The Morgan fingerprint density at radius 2 is 2.19 bits per heavy atom. The molecule has 0 aliphatic heterocycles. The fraction of sp³-hybridized carbons (Fsp3) is 0.467. The predicted octanol–water partition coefficient (Wildman–Crippen LogP) is 2.84. The first-order chi connectivity index (χ1) is 10.2. The molecule has 0 spiro atoms. The van der Waals surface area contributed by atoms with E-state index in [9.17, 15) is 0 Å². The molecule has 1 heterocycles. The highest BCUT2D eigenvalue weighted by Crippen LogP contribution is 2.29. The largest absolute Gasteiger partial charge is 0.485 e. The van der Waals surface area contributed by atoms with Crippen molar-refractivity contribution < 1.29 is 4.74 Å². The van der Waals surface area contributed by atoms with Gasteiger partial charge in [0.25, 0.3) is 0 Å². The first-order valence-corrected chi connectivity index (χ1v) is 7.93. The molecule has 2 rings (SSSR count). The van der Waals surface area contributed by atoms with Gasteiger partial charge in [-0.25, -0.2) is 9.67 Å². The maximum absolute atomic E-state index is 6.01. The van der Waals surface area contributed by atoms with Crippen LogP contribution in [0.5, 0.6) is 5.75 Å². The third-order valence-electron chi connectivity index (χ3n) is 3.21. The van der Waals surface area contributed by atoms with Crippen molar-refractivity contribution in [2.75, 3.05) is 6.54 Å². The molecule has 21 heavy (non-hydrogen) atoms. The van der Waals surface area contributed by atoms with Crippen molar-refractivity contribution in [3.63, 3.8) is 0 Å². The Bertz CT molecular complexity index is 597. The Labute approximate surface area is 133 Å². The van der Waals surface area contributed by atoms with Gasteiger partial charge in [0.15, 0.2) is 5.82 Å². The van der Waals surface area contributed by atoms with Gasteiger partial charge in [-0.15, -0.1) is 0 Å². The first-order valence-electron chi connectivity index (χ1n) is 7.14. The van der Waals surface area contributed by atoms with E-state index in [1.807, 2.05) is 17.7 Å². The zero-order chi connectivity index (χ0) is 15.2. The second-order valence-corrected chi connectivity index (χ2v) is 5.85. The molecule has 0 fully saturated rings. The summed E-state index contributed by atoms with van der Waals surface area (Å²) in [6.45, 7) is 6.02. The standard InChI is InChI=1S/C15H21BrN4O/c1-3-6-20-14(18-10-19-20)9-21-15-11(2)7-13(16)8-12(15)4-5-17/h7-8,10H,3-6,9,17H2,1-2H3. The quantitative estimate of drug-likeness (QED) is 0.831. The van der Waals surface area contributed by atoms with E-state index in [1.54, 1.807) is 6.33 Å². The van der Waals surface area contributed by atoms with Crippen LogP contribution in [-0.2, 0) is 19.6 Å². The first kappa shape index (κ1) is 16.0. The van der Waals surface area contributed by atoms with Crippen molar-refractivity contribution in [2.45, 2.75) is 39.8 Å². The van der Waals surface area contributed by atoms with E-state index in [2.05, 4.69) is 39.0 Å². The van der Waals surface area contributed by atoms with E-state index in [0.29, 0.717) is 13.2 Å². The second kappa shape index (κ2) is 7.56. The van der Waals surface area contributed by atoms with E-state index in [0.717, 1.165) is 46.6 Å². The van der Waals surface area contributed by atoms with Gasteiger partial charge in [-0.1, -0.05) is 22.9 Å². The number of benzene rings is 1. The molecule has 1 aromatic heterocycles. The van der Waals surface area contributed by atoms with Crippen LogP contribution in [0.25, 0.3) is 0 Å². The molecule has 0 amide bonds. The summed E-state index contributed by atoms with van der Waals surface area (Å²) in [4.78, 5) is 4.27. The SMILES string of the molecule is CCCn1ncnc1COc1c(C)cc(Br)cc1CCN. The number of aromatic nitrogens is 3. The monoisotopic (exact) mass is 352 g/mol. The van der Waals surface area contributed by atoms with Gasteiger partial charge in [-0.05, 0) is 49.6 Å². The minimum Gasteiger partial charge on any atom is -0.485 e. The lowest BCUT2D eigenvalue weighted by atomic mass is 10.1. The lowest BCUT2D eigenvalue weighted by Crippen LogP contribution is -2.11. The molecule has 5 nitrogen and oxygen atoms in total. The van der Waals surface area contributed by atoms with Crippen LogP contribution in [0.2, 0.25) is 0 Å². The molecule has 1 aromatic carbocycles. The average Bonchev–Trinajstić information content (AvgIpc) is 2.86. The Kier molecular flexibility index (Phi) is 5.76. The smallest absolute Gasteiger partial charge is 0.164 e. The van der Waals surface area contributed by atoms with Crippen LogP contribution in [0.4, 0.5) is 0 Å². The zero-order valence-corrected chi connectivity index (χ0v) is 14.1. The Hall–Kier alpha value is -1.40. The minimum atomic E-state index is 0.417. The number of hydrogen-bond acceptors (Lipinski definition) is 4. The molecular weight excluding hydrogens is 332 g/mol. The van der Waals surface area contributed by atoms with E-state index in [1.165, 1.54) is 0 Å².